The van der Waals surface area contributed by atoms with E-state index in [-0.39, 0.29) is 18.2 Å². The maximum absolute atomic E-state index is 12.6. The van der Waals surface area contributed by atoms with Crippen LogP contribution in [0.5, 0.6) is 0 Å². The van der Waals surface area contributed by atoms with Crippen LogP contribution in [0.3, 0.4) is 0 Å². The fraction of sp³-hybridized carbons (Fsp3) is 0.148. The van der Waals surface area contributed by atoms with E-state index in [0.717, 1.165) is 40.6 Å². The summed E-state index contributed by atoms with van der Waals surface area (Å²) in [5, 5.41) is 7.75. The number of carbonyl (C=O) groups excluding carboxylic acids is 2. The molecule has 166 valence electrons. The average Bonchev–Trinajstić information content (AvgIpc) is 3.06. The lowest BCUT2D eigenvalue weighted by Crippen LogP contribution is -2.17. The second-order valence-corrected chi connectivity index (χ2v) is 7.71. The quantitative estimate of drug-likeness (QED) is 0.313. The minimum atomic E-state index is -0.308. The van der Waals surface area contributed by atoms with Gasteiger partial charge in [-0.3, -0.25) is 9.59 Å². The Hall–Kier alpha value is -4.19. The summed E-state index contributed by atoms with van der Waals surface area (Å²) in [6.45, 7) is 2.01. The molecule has 0 fully saturated rings. The van der Waals surface area contributed by atoms with Gasteiger partial charge < -0.3 is 10.3 Å². The molecule has 1 aromatic heterocycles. The van der Waals surface area contributed by atoms with Gasteiger partial charge in [0.15, 0.2) is 0 Å². The summed E-state index contributed by atoms with van der Waals surface area (Å²) in [6, 6.07) is 13.4. The third kappa shape index (κ3) is 5.36. The van der Waals surface area contributed by atoms with Crippen molar-refractivity contribution < 1.29 is 9.59 Å². The first kappa shape index (κ1) is 22.0. The second-order valence-electron chi connectivity index (χ2n) is 7.71. The Morgan fingerprint density at radius 2 is 1.88 bits per heavy atom. The topological polar surface area (TPSA) is 86.3 Å². The molecule has 0 saturated heterocycles. The van der Waals surface area contributed by atoms with Crippen molar-refractivity contribution in [3.63, 3.8) is 0 Å². The summed E-state index contributed by atoms with van der Waals surface area (Å²) in [5.41, 5.74) is 7.11. The summed E-state index contributed by atoms with van der Waals surface area (Å²) in [7, 11) is 0. The molecule has 4 rings (SSSR count). The Balaban J connectivity index is 1.56. The number of hydrazone groups is 1. The highest BCUT2D eigenvalue weighted by molar-refractivity contribution is 6.17. The van der Waals surface area contributed by atoms with Gasteiger partial charge >= 0.3 is 0 Å². The summed E-state index contributed by atoms with van der Waals surface area (Å²) < 4.78 is 0. The van der Waals surface area contributed by atoms with Gasteiger partial charge in [-0.25, -0.2) is 5.43 Å². The molecule has 1 aliphatic heterocycles. The van der Waals surface area contributed by atoms with Crippen molar-refractivity contribution in [3.8, 4) is 0 Å². The van der Waals surface area contributed by atoms with Crippen LogP contribution in [0.15, 0.2) is 71.9 Å². The van der Waals surface area contributed by atoms with Crippen molar-refractivity contribution in [1.29, 1.82) is 0 Å². The zero-order valence-electron chi connectivity index (χ0n) is 18.5. The van der Waals surface area contributed by atoms with E-state index in [1.54, 1.807) is 12.3 Å². The highest BCUT2D eigenvalue weighted by Crippen LogP contribution is 2.30. The number of aromatic nitrogens is 1. The van der Waals surface area contributed by atoms with Crippen LogP contribution < -0.4 is 10.7 Å². The van der Waals surface area contributed by atoms with Crippen LogP contribution in [0.4, 0.5) is 5.69 Å². The molecule has 0 unspecified atom stereocenters. The van der Waals surface area contributed by atoms with E-state index in [1.807, 2.05) is 67.6 Å². The smallest absolute Gasteiger partial charge is 0.272 e. The number of benzene rings is 2. The van der Waals surface area contributed by atoms with Crippen LogP contribution in [0.2, 0.25) is 0 Å². The molecule has 0 radical (unpaired) electrons. The molecule has 33 heavy (non-hydrogen) atoms. The maximum atomic E-state index is 12.6. The van der Waals surface area contributed by atoms with Gasteiger partial charge in [0.1, 0.15) is 0 Å². The van der Waals surface area contributed by atoms with Gasteiger partial charge in [0.2, 0.25) is 5.91 Å². The number of carbonyl (C=O) groups is 2. The van der Waals surface area contributed by atoms with E-state index in [0.29, 0.717) is 11.3 Å². The second kappa shape index (κ2) is 10.4. The number of amides is 2. The van der Waals surface area contributed by atoms with Gasteiger partial charge in [-0.2, -0.15) is 5.10 Å². The van der Waals surface area contributed by atoms with Crippen molar-refractivity contribution in [2.45, 2.75) is 26.2 Å². The number of hydrogen-bond acceptors (Lipinski definition) is 3. The zero-order valence-corrected chi connectivity index (χ0v) is 18.5. The number of hydrogen-bond donors (Lipinski definition) is 3. The number of rotatable bonds is 8. The first-order valence-corrected chi connectivity index (χ1v) is 11.0. The molecule has 0 saturated carbocycles. The Morgan fingerprint density at radius 3 is 2.70 bits per heavy atom. The van der Waals surface area contributed by atoms with Gasteiger partial charge in [0.05, 0.1) is 11.8 Å². The van der Waals surface area contributed by atoms with Gasteiger partial charge in [-0.05, 0) is 43.5 Å². The Bertz CT molecular complexity index is 1280. The lowest BCUT2D eigenvalue weighted by molar-refractivity contribution is -0.115. The fourth-order valence-electron chi connectivity index (χ4n) is 3.75. The van der Waals surface area contributed by atoms with Gasteiger partial charge in [-0.15, -0.1) is 0 Å². The van der Waals surface area contributed by atoms with Crippen LogP contribution in [-0.4, -0.2) is 23.0 Å². The highest BCUT2D eigenvalue weighted by atomic mass is 16.2. The van der Waals surface area contributed by atoms with Gasteiger partial charge in [0, 0.05) is 34.3 Å². The first-order valence-electron chi connectivity index (χ1n) is 11.0. The monoisotopic (exact) mass is 438 g/mol. The minimum Gasteiger partial charge on any atom is -0.354 e. The van der Waals surface area contributed by atoms with Crippen LogP contribution in [0, 0.1) is 0 Å². The normalized spacial score (nSPS) is 13.3. The molecule has 0 bridgehead atoms. The molecule has 3 N–H and O–H groups in total. The molecule has 1 aliphatic rings. The van der Waals surface area contributed by atoms with E-state index in [2.05, 4.69) is 33.0 Å². The molecule has 6 nitrogen and oxygen atoms in total. The maximum Gasteiger partial charge on any atom is 0.272 e. The van der Waals surface area contributed by atoms with Gasteiger partial charge in [0.25, 0.3) is 5.91 Å². The summed E-state index contributed by atoms with van der Waals surface area (Å²) in [5.74, 6) is -0.465. The lowest BCUT2D eigenvalue weighted by atomic mass is 10.0. The number of aromatic amines is 1. The van der Waals surface area contributed by atoms with Crippen molar-refractivity contribution in [1.82, 2.24) is 10.4 Å². The third-order valence-corrected chi connectivity index (χ3v) is 5.29. The zero-order chi connectivity index (χ0) is 23.0. The largest absolute Gasteiger partial charge is 0.354 e. The highest BCUT2D eigenvalue weighted by Gasteiger charge is 2.20. The van der Waals surface area contributed by atoms with Crippen molar-refractivity contribution in [3.05, 3.63) is 89.2 Å². The number of nitrogens with one attached hydrogen (secondary N) is 3. The van der Waals surface area contributed by atoms with E-state index in [1.165, 1.54) is 0 Å². The number of H-pyrrole nitrogens is 1. The molecule has 3 aromatic rings. The van der Waals surface area contributed by atoms with E-state index in [4.69, 9.17) is 0 Å². The molecule has 2 heterocycles. The average molecular weight is 439 g/mol. The molecule has 0 atom stereocenters. The van der Waals surface area contributed by atoms with E-state index < -0.39 is 0 Å². The van der Waals surface area contributed by atoms with E-state index in [9.17, 15) is 9.59 Å². The number of nitrogens with zero attached hydrogens (tertiary/aromatic N) is 1. The molecule has 2 aromatic carbocycles. The van der Waals surface area contributed by atoms with Crippen LogP contribution in [-0.2, 0) is 4.79 Å². The van der Waals surface area contributed by atoms with E-state index >= 15 is 0 Å². The summed E-state index contributed by atoms with van der Waals surface area (Å²) >= 11 is 0. The van der Waals surface area contributed by atoms with Crippen LogP contribution in [0.25, 0.3) is 23.1 Å². The molecular weight excluding hydrogens is 412 g/mol. The van der Waals surface area contributed by atoms with Crippen LogP contribution in [0.1, 0.15) is 53.4 Å². The van der Waals surface area contributed by atoms with Crippen molar-refractivity contribution >= 4 is 46.8 Å². The first-order chi connectivity index (χ1) is 16.2. The van der Waals surface area contributed by atoms with Crippen molar-refractivity contribution in [2.24, 2.45) is 5.10 Å². The predicted molar refractivity (Wildman–Crippen MR) is 135 cm³/mol. The molecule has 0 aliphatic carbocycles. The third-order valence-electron chi connectivity index (χ3n) is 5.29. The number of unbranched alkanes of at least 4 members (excludes halogenated alkanes) is 1. The fourth-order valence-corrected chi connectivity index (χ4v) is 3.75. The SMILES string of the molecule is C/C=C\CC/C=C/c1[nH]c2cc(NC(=O)C/C=C/c3ccccc3)cc3c2c1C=NNC3=O. The Labute approximate surface area is 192 Å². The van der Waals surface area contributed by atoms with Crippen LogP contribution >= 0.6 is 0 Å². The summed E-state index contributed by atoms with van der Waals surface area (Å²) in [6.07, 6.45) is 15.8. The molecule has 2 amide bonds. The molecular formula is C27H26N4O2. The minimum absolute atomic E-state index is 0.158. The Kier molecular flexibility index (Phi) is 6.95. The molecule has 6 heteroatoms. The van der Waals surface area contributed by atoms with Crippen molar-refractivity contribution in [2.75, 3.05) is 5.32 Å². The summed E-state index contributed by atoms with van der Waals surface area (Å²) in [4.78, 5) is 28.5. The Morgan fingerprint density at radius 1 is 1.06 bits per heavy atom. The standard InChI is InChI=1S/C27H26N4O2/c1-2-3-4-5-9-14-23-22-18-28-31-27(33)21-16-20(17-24(30-23)26(21)22)29-25(32)15-10-13-19-11-7-6-8-12-19/h2-3,6-14,16-18,30H,4-5,15H2,1H3,(H,29,32)(H,31,33)/b3-2-,13-10+,14-9+. The number of anilines is 1. The lowest BCUT2D eigenvalue weighted by Gasteiger charge is -2.07. The number of allylic oxidation sites excluding steroid dienone is 3. The molecule has 0 spiro atoms. The predicted octanol–water partition coefficient (Wildman–Crippen LogP) is 5.66. The van der Waals surface area contributed by atoms with Gasteiger partial charge in [-0.1, -0.05) is 60.7 Å².